The van der Waals surface area contributed by atoms with Gasteiger partial charge in [-0.2, -0.15) is 0 Å². The first kappa shape index (κ1) is 31.8. The standard InChI is InChI=1S/C21H40N3O9P/c1-11-13(4)15(23-20(28)33-21(5,6)7)17(26)22-14(12(2)3)16(25)24-18(19(27)30-8)34(29,31-9)32-10/h12-15,18H,11H2,1-10H3,(H,22,26)(H,23,28)(H,24,25)/t13-,14-,15-,18?/m0/s1. The van der Waals surface area contributed by atoms with Crippen molar-refractivity contribution in [2.75, 3.05) is 21.3 Å². The van der Waals surface area contributed by atoms with Crippen LogP contribution in [0.3, 0.4) is 0 Å². The van der Waals surface area contributed by atoms with Gasteiger partial charge in [0, 0.05) is 14.2 Å². The van der Waals surface area contributed by atoms with Crippen molar-refractivity contribution in [2.24, 2.45) is 11.8 Å². The Morgan fingerprint density at radius 1 is 0.853 bits per heavy atom. The van der Waals surface area contributed by atoms with Crippen LogP contribution in [0.25, 0.3) is 0 Å². The first-order valence-electron chi connectivity index (χ1n) is 11.0. The van der Waals surface area contributed by atoms with Crippen LogP contribution in [0.5, 0.6) is 0 Å². The van der Waals surface area contributed by atoms with Gasteiger partial charge in [0.05, 0.1) is 7.11 Å². The molecule has 0 aromatic heterocycles. The van der Waals surface area contributed by atoms with E-state index < -0.39 is 60.9 Å². The second kappa shape index (κ2) is 13.7. The van der Waals surface area contributed by atoms with E-state index in [-0.39, 0.29) is 5.92 Å². The van der Waals surface area contributed by atoms with Gasteiger partial charge >= 0.3 is 19.7 Å². The van der Waals surface area contributed by atoms with E-state index in [2.05, 4.69) is 20.7 Å². The summed E-state index contributed by atoms with van der Waals surface area (Å²) < 4.78 is 32.3. The number of ether oxygens (including phenoxy) is 2. The average Bonchev–Trinajstić information content (AvgIpc) is 2.75. The van der Waals surface area contributed by atoms with Gasteiger partial charge in [0.15, 0.2) is 0 Å². The lowest BCUT2D eigenvalue weighted by Crippen LogP contribution is -2.58. The largest absolute Gasteiger partial charge is 0.467 e. The number of esters is 1. The molecular formula is C21H40N3O9P. The molecule has 0 heterocycles. The van der Waals surface area contributed by atoms with E-state index in [9.17, 15) is 23.7 Å². The van der Waals surface area contributed by atoms with Crippen molar-refractivity contribution in [1.82, 2.24) is 16.0 Å². The minimum Gasteiger partial charge on any atom is -0.467 e. The van der Waals surface area contributed by atoms with Gasteiger partial charge in [0.1, 0.15) is 17.7 Å². The number of nitrogens with one attached hydrogen (secondary N) is 3. The lowest BCUT2D eigenvalue weighted by Gasteiger charge is -2.30. The van der Waals surface area contributed by atoms with Crippen LogP contribution < -0.4 is 16.0 Å². The molecule has 0 saturated heterocycles. The van der Waals surface area contributed by atoms with Gasteiger partial charge in [-0.1, -0.05) is 34.1 Å². The molecule has 198 valence electrons. The van der Waals surface area contributed by atoms with Crippen LogP contribution in [0.15, 0.2) is 0 Å². The highest BCUT2D eigenvalue weighted by molar-refractivity contribution is 7.55. The highest BCUT2D eigenvalue weighted by atomic mass is 31.2. The molecule has 0 aromatic carbocycles. The number of carbonyl (C=O) groups is 4. The molecule has 0 aliphatic rings. The minimum absolute atomic E-state index is 0.284. The summed E-state index contributed by atoms with van der Waals surface area (Å²) >= 11 is 0. The van der Waals surface area contributed by atoms with E-state index in [1.165, 1.54) is 0 Å². The molecule has 0 aromatic rings. The SMILES string of the molecule is CC[C@H](C)[C@H](NC(=O)OC(C)(C)C)C(=O)N[C@H](C(=O)NC(C(=O)OC)P(=O)(OC)OC)C(C)C. The first-order chi connectivity index (χ1) is 15.6. The Labute approximate surface area is 201 Å². The van der Waals surface area contributed by atoms with Crippen molar-refractivity contribution in [2.45, 2.75) is 78.4 Å². The van der Waals surface area contributed by atoms with Crippen LogP contribution >= 0.6 is 7.60 Å². The molecule has 0 spiro atoms. The van der Waals surface area contributed by atoms with E-state index in [4.69, 9.17) is 13.8 Å². The van der Waals surface area contributed by atoms with Gasteiger partial charge in [0.25, 0.3) is 0 Å². The van der Waals surface area contributed by atoms with E-state index in [1.54, 1.807) is 41.5 Å². The molecule has 0 bridgehead atoms. The normalized spacial score (nSPS) is 15.5. The van der Waals surface area contributed by atoms with Crippen molar-refractivity contribution in [3.63, 3.8) is 0 Å². The Morgan fingerprint density at radius 3 is 1.74 bits per heavy atom. The second-order valence-electron chi connectivity index (χ2n) is 9.08. The molecule has 34 heavy (non-hydrogen) atoms. The molecular weight excluding hydrogens is 469 g/mol. The Hall–Kier alpha value is -2.17. The van der Waals surface area contributed by atoms with Gasteiger partial charge < -0.3 is 34.5 Å². The summed E-state index contributed by atoms with van der Waals surface area (Å²) in [6, 6.07) is -2.14. The van der Waals surface area contributed by atoms with Crippen molar-refractivity contribution in [3.8, 4) is 0 Å². The van der Waals surface area contributed by atoms with Gasteiger partial charge in [-0.15, -0.1) is 0 Å². The molecule has 12 nitrogen and oxygen atoms in total. The summed E-state index contributed by atoms with van der Waals surface area (Å²) in [7, 11) is -0.914. The van der Waals surface area contributed by atoms with E-state index in [1.807, 2.05) is 6.92 Å². The summed E-state index contributed by atoms with van der Waals surface area (Å²) in [5.41, 5.74) is -0.763. The molecule has 0 aliphatic heterocycles. The maximum Gasteiger partial charge on any atom is 0.408 e. The third-order valence-corrected chi connectivity index (χ3v) is 6.93. The van der Waals surface area contributed by atoms with Crippen molar-refractivity contribution < 1.29 is 42.3 Å². The van der Waals surface area contributed by atoms with Crippen LogP contribution in [0, 0.1) is 11.8 Å². The second-order valence-corrected chi connectivity index (χ2v) is 11.4. The number of rotatable bonds is 12. The minimum atomic E-state index is -4.09. The predicted octanol–water partition coefficient (Wildman–Crippen LogP) is 2.17. The van der Waals surface area contributed by atoms with Gasteiger partial charge in [-0.05, 0) is 32.6 Å². The Bertz CT molecular complexity index is 759. The Balaban J connectivity index is 5.78. The van der Waals surface area contributed by atoms with Crippen LogP contribution in [-0.4, -0.2) is 68.7 Å². The smallest absolute Gasteiger partial charge is 0.408 e. The maximum atomic E-state index is 13.1. The third kappa shape index (κ3) is 9.60. The fraction of sp³-hybridized carbons (Fsp3) is 0.810. The summed E-state index contributed by atoms with van der Waals surface area (Å²) in [6.07, 6.45) is -0.216. The summed E-state index contributed by atoms with van der Waals surface area (Å²) in [5, 5.41) is 7.46. The van der Waals surface area contributed by atoms with Crippen molar-refractivity contribution in [3.05, 3.63) is 0 Å². The van der Waals surface area contributed by atoms with Gasteiger partial charge in [-0.3, -0.25) is 14.2 Å². The molecule has 3 amide bonds. The summed E-state index contributed by atoms with van der Waals surface area (Å²) in [5.74, 6) is -4.94. The lowest BCUT2D eigenvalue weighted by atomic mass is 9.96. The number of methoxy groups -OCH3 is 1. The highest BCUT2D eigenvalue weighted by Crippen LogP contribution is 2.50. The first-order valence-corrected chi connectivity index (χ1v) is 12.6. The van der Waals surface area contributed by atoms with Crippen LogP contribution in [0.4, 0.5) is 4.79 Å². The van der Waals surface area contributed by atoms with E-state index in [0.717, 1.165) is 21.3 Å². The lowest BCUT2D eigenvalue weighted by molar-refractivity contribution is -0.143. The number of carbonyl (C=O) groups excluding carboxylic acids is 4. The van der Waals surface area contributed by atoms with Crippen LogP contribution in [-0.2, 0) is 37.5 Å². The van der Waals surface area contributed by atoms with Crippen LogP contribution in [0.1, 0.15) is 54.9 Å². The third-order valence-electron chi connectivity index (χ3n) is 4.94. The topological polar surface area (TPSA) is 158 Å². The average molecular weight is 510 g/mol. The Morgan fingerprint density at radius 2 is 1.35 bits per heavy atom. The van der Waals surface area contributed by atoms with Crippen LogP contribution in [0.2, 0.25) is 0 Å². The van der Waals surface area contributed by atoms with E-state index in [0.29, 0.717) is 6.42 Å². The highest BCUT2D eigenvalue weighted by Gasteiger charge is 2.44. The molecule has 0 fully saturated rings. The summed E-state index contributed by atoms with van der Waals surface area (Å²) in [6.45, 7) is 12.0. The number of amides is 3. The van der Waals surface area contributed by atoms with Gasteiger partial charge in [0.2, 0.25) is 17.6 Å². The zero-order valence-corrected chi connectivity index (χ0v) is 22.6. The zero-order chi connectivity index (χ0) is 26.9. The molecule has 3 N–H and O–H groups in total. The van der Waals surface area contributed by atoms with Crippen molar-refractivity contribution >= 4 is 31.5 Å². The molecule has 0 rings (SSSR count). The maximum absolute atomic E-state index is 13.1. The zero-order valence-electron chi connectivity index (χ0n) is 21.7. The van der Waals surface area contributed by atoms with Gasteiger partial charge in [-0.25, -0.2) is 9.59 Å². The Kier molecular flexibility index (Phi) is 12.8. The molecule has 13 heteroatoms. The predicted molar refractivity (Wildman–Crippen MR) is 125 cm³/mol. The molecule has 0 radical (unpaired) electrons. The number of hydrogen-bond donors (Lipinski definition) is 3. The number of alkyl carbamates (subject to hydrolysis) is 1. The fourth-order valence-electron chi connectivity index (χ4n) is 2.80. The monoisotopic (exact) mass is 509 g/mol. The molecule has 0 aliphatic carbocycles. The molecule has 1 unspecified atom stereocenters. The van der Waals surface area contributed by atoms with Crippen molar-refractivity contribution in [1.29, 1.82) is 0 Å². The quantitative estimate of drug-likeness (QED) is 0.265. The fourth-order valence-corrected chi connectivity index (χ4v) is 4.02. The molecule has 4 atom stereocenters. The summed E-state index contributed by atoms with van der Waals surface area (Å²) in [4.78, 5) is 50.6. The molecule has 0 saturated carbocycles. The number of hydrogen-bond acceptors (Lipinski definition) is 9. The van der Waals surface area contributed by atoms with E-state index >= 15 is 0 Å².